The Kier molecular flexibility index (Phi) is 5.94. The first-order chi connectivity index (χ1) is 11.1. The normalized spacial score (nSPS) is 10.3. The number of hydrogen-bond acceptors (Lipinski definition) is 4. The topological polar surface area (TPSA) is 83.4 Å². The van der Waals surface area contributed by atoms with Crippen LogP contribution in [0.5, 0.6) is 0 Å². The number of aryl methyl sites for hydroxylation is 1. The first kappa shape index (κ1) is 16.8. The van der Waals surface area contributed by atoms with Gasteiger partial charge in [0.2, 0.25) is 5.91 Å². The summed E-state index contributed by atoms with van der Waals surface area (Å²) in [5.41, 5.74) is 2.26. The molecule has 0 unspecified atom stereocenters. The number of rotatable bonds is 7. The summed E-state index contributed by atoms with van der Waals surface area (Å²) in [6, 6.07) is 8.62. The van der Waals surface area contributed by atoms with E-state index in [1.165, 1.54) is 6.26 Å². The lowest BCUT2D eigenvalue weighted by molar-refractivity contribution is -0.116. The number of anilines is 2. The molecule has 23 heavy (non-hydrogen) atoms. The zero-order valence-electron chi connectivity index (χ0n) is 13.3. The van der Waals surface area contributed by atoms with Gasteiger partial charge in [-0.3, -0.25) is 9.59 Å². The van der Waals surface area contributed by atoms with E-state index in [0.717, 1.165) is 18.5 Å². The van der Waals surface area contributed by atoms with Crippen molar-refractivity contribution >= 4 is 23.2 Å². The zero-order chi connectivity index (χ0) is 16.7. The second-order valence-corrected chi connectivity index (χ2v) is 5.22. The first-order valence-electron chi connectivity index (χ1n) is 7.50. The molecule has 2 rings (SSSR count). The number of carbonyl (C=O) groups is 2. The molecule has 0 fully saturated rings. The Hall–Kier alpha value is -2.60. The number of nitrogens with one attached hydrogen (secondary N) is 3. The van der Waals surface area contributed by atoms with Gasteiger partial charge < -0.3 is 20.4 Å². The van der Waals surface area contributed by atoms with Crippen molar-refractivity contribution in [1.29, 1.82) is 0 Å². The molecular formula is C17H21N3O3. The van der Waals surface area contributed by atoms with Crippen molar-refractivity contribution in [3.63, 3.8) is 0 Å². The van der Waals surface area contributed by atoms with E-state index < -0.39 is 0 Å². The quantitative estimate of drug-likeness (QED) is 0.686. The Labute approximate surface area is 135 Å². The summed E-state index contributed by atoms with van der Waals surface area (Å²) in [6.45, 7) is 2.68. The van der Waals surface area contributed by atoms with Crippen LogP contribution in [0.3, 0.4) is 0 Å². The molecule has 6 heteroatoms. The van der Waals surface area contributed by atoms with Gasteiger partial charge in [0.15, 0.2) is 5.76 Å². The van der Waals surface area contributed by atoms with Crippen LogP contribution in [0, 0.1) is 6.92 Å². The lowest BCUT2D eigenvalue weighted by Crippen LogP contribution is -2.15. The van der Waals surface area contributed by atoms with Crippen molar-refractivity contribution < 1.29 is 14.0 Å². The Morgan fingerprint density at radius 3 is 2.65 bits per heavy atom. The average Bonchev–Trinajstić information content (AvgIpc) is 3.04. The van der Waals surface area contributed by atoms with Crippen molar-refractivity contribution in [2.45, 2.75) is 19.8 Å². The van der Waals surface area contributed by atoms with Crippen LogP contribution < -0.4 is 16.0 Å². The molecule has 1 heterocycles. The highest BCUT2D eigenvalue weighted by molar-refractivity contribution is 6.02. The third-order valence-corrected chi connectivity index (χ3v) is 3.33. The summed E-state index contributed by atoms with van der Waals surface area (Å²) in [5.74, 6) is -0.0692. The van der Waals surface area contributed by atoms with Gasteiger partial charge in [-0.15, -0.1) is 0 Å². The van der Waals surface area contributed by atoms with Gasteiger partial charge in [0.25, 0.3) is 5.91 Å². The molecule has 0 saturated carbocycles. The van der Waals surface area contributed by atoms with Gasteiger partial charge in [0.1, 0.15) is 0 Å². The SMILES string of the molecule is CNCCCC(=O)Nc1ccc(NC(=O)c2ccco2)c(C)c1. The van der Waals surface area contributed by atoms with Crippen LogP contribution >= 0.6 is 0 Å². The van der Waals surface area contributed by atoms with Gasteiger partial charge in [0, 0.05) is 17.8 Å². The van der Waals surface area contributed by atoms with Crippen molar-refractivity contribution in [2.24, 2.45) is 0 Å². The number of amides is 2. The zero-order valence-corrected chi connectivity index (χ0v) is 13.3. The van der Waals surface area contributed by atoms with Gasteiger partial charge >= 0.3 is 0 Å². The number of benzene rings is 1. The number of hydrogen-bond donors (Lipinski definition) is 3. The van der Waals surface area contributed by atoms with Crippen LogP contribution in [0.15, 0.2) is 41.0 Å². The summed E-state index contributed by atoms with van der Waals surface area (Å²) in [7, 11) is 1.86. The van der Waals surface area contributed by atoms with Crippen LogP contribution in [0.25, 0.3) is 0 Å². The van der Waals surface area contributed by atoms with E-state index in [0.29, 0.717) is 17.8 Å². The summed E-state index contributed by atoms with van der Waals surface area (Å²) in [4.78, 5) is 23.8. The summed E-state index contributed by atoms with van der Waals surface area (Å²) in [5, 5.41) is 8.64. The molecule has 0 spiro atoms. The van der Waals surface area contributed by atoms with Crippen LogP contribution in [-0.4, -0.2) is 25.4 Å². The third-order valence-electron chi connectivity index (χ3n) is 3.33. The minimum Gasteiger partial charge on any atom is -0.459 e. The fraction of sp³-hybridized carbons (Fsp3) is 0.294. The standard InChI is InChI=1S/C17H21N3O3/c1-12-11-13(19-16(21)6-3-9-18-2)7-8-14(12)20-17(22)15-5-4-10-23-15/h4-5,7-8,10-11,18H,3,6,9H2,1-2H3,(H,19,21)(H,20,22). The molecule has 0 aliphatic rings. The minimum atomic E-state index is -0.304. The second kappa shape index (κ2) is 8.14. The molecule has 122 valence electrons. The molecule has 0 saturated heterocycles. The fourth-order valence-electron chi connectivity index (χ4n) is 2.12. The minimum absolute atomic E-state index is 0.0213. The van der Waals surface area contributed by atoms with Crippen molar-refractivity contribution in [3.8, 4) is 0 Å². The van der Waals surface area contributed by atoms with E-state index in [1.54, 1.807) is 24.3 Å². The molecule has 0 aliphatic heterocycles. The molecule has 0 radical (unpaired) electrons. The molecule has 1 aromatic carbocycles. The van der Waals surface area contributed by atoms with E-state index in [2.05, 4.69) is 16.0 Å². The lowest BCUT2D eigenvalue weighted by atomic mass is 10.1. The van der Waals surface area contributed by atoms with E-state index in [1.807, 2.05) is 20.0 Å². The van der Waals surface area contributed by atoms with Gasteiger partial charge in [-0.25, -0.2) is 0 Å². The highest BCUT2D eigenvalue weighted by Crippen LogP contribution is 2.20. The Morgan fingerprint density at radius 1 is 1.17 bits per heavy atom. The second-order valence-electron chi connectivity index (χ2n) is 5.22. The Morgan fingerprint density at radius 2 is 2.00 bits per heavy atom. The predicted molar refractivity (Wildman–Crippen MR) is 89.6 cm³/mol. The van der Waals surface area contributed by atoms with E-state index in [4.69, 9.17) is 4.42 Å². The largest absolute Gasteiger partial charge is 0.459 e. The predicted octanol–water partition coefficient (Wildman–Crippen LogP) is 2.78. The van der Waals surface area contributed by atoms with Gasteiger partial charge in [0.05, 0.1) is 6.26 Å². The van der Waals surface area contributed by atoms with Gasteiger partial charge in [-0.2, -0.15) is 0 Å². The van der Waals surface area contributed by atoms with Crippen molar-refractivity contribution in [2.75, 3.05) is 24.2 Å². The summed E-state index contributed by atoms with van der Waals surface area (Å²) < 4.78 is 5.06. The smallest absolute Gasteiger partial charge is 0.291 e. The molecule has 0 atom stereocenters. The Balaban J connectivity index is 1.95. The molecule has 6 nitrogen and oxygen atoms in total. The highest BCUT2D eigenvalue weighted by Gasteiger charge is 2.11. The van der Waals surface area contributed by atoms with Crippen molar-refractivity contribution in [3.05, 3.63) is 47.9 Å². The maximum atomic E-state index is 12.0. The van der Waals surface area contributed by atoms with Gasteiger partial charge in [-0.05, 0) is 62.8 Å². The monoisotopic (exact) mass is 315 g/mol. The maximum Gasteiger partial charge on any atom is 0.291 e. The molecule has 2 amide bonds. The van der Waals surface area contributed by atoms with E-state index in [9.17, 15) is 9.59 Å². The van der Waals surface area contributed by atoms with Crippen LogP contribution in [0.1, 0.15) is 29.0 Å². The third kappa shape index (κ3) is 4.96. The molecular weight excluding hydrogens is 294 g/mol. The van der Waals surface area contributed by atoms with Crippen LogP contribution in [-0.2, 0) is 4.79 Å². The highest BCUT2D eigenvalue weighted by atomic mass is 16.3. The molecule has 1 aromatic heterocycles. The van der Waals surface area contributed by atoms with E-state index in [-0.39, 0.29) is 17.6 Å². The fourth-order valence-corrected chi connectivity index (χ4v) is 2.12. The number of furan rings is 1. The van der Waals surface area contributed by atoms with Crippen LogP contribution in [0.4, 0.5) is 11.4 Å². The first-order valence-corrected chi connectivity index (χ1v) is 7.50. The summed E-state index contributed by atoms with van der Waals surface area (Å²) in [6.07, 6.45) is 2.71. The molecule has 3 N–H and O–H groups in total. The lowest BCUT2D eigenvalue weighted by Gasteiger charge is -2.10. The Bertz CT molecular complexity index is 666. The molecule has 0 aliphatic carbocycles. The molecule has 2 aromatic rings. The number of carbonyl (C=O) groups excluding carboxylic acids is 2. The van der Waals surface area contributed by atoms with Gasteiger partial charge in [-0.1, -0.05) is 0 Å². The molecule has 0 bridgehead atoms. The van der Waals surface area contributed by atoms with Crippen LogP contribution in [0.2, 0.25) is 0 Å². The summed E-state index contributed by atoms with van der Waals surface area (Å²) >= 11 is 0. The average molecular weight is 315 g/mol. The maximum absolute atomic E-state index is 12.0. The van der Waals surface area contributed by atoms with Crippen molar-refractivity contribution in [1.82, 2.24) is 5.32 Å². The van der Waals surface area contributed by atoms with E-state index >= 15 is 0 Å².